The van der Waals surface area contributed by atoms with Crippen LogP contribution in [-0.2, 0) is 0 Å². The Bertz CT molecular complexity index is 663. The summed E-state index contributed by atoms with van der Waals surface area (Å²) in [6, 6.07) is 1.32. The van der Waals surface area contributed by atoms with Gasteiger partial charge in [-0.1, -0.05) is 42.5 Å². The quantitative estimate of drug-likeness (QED) is 0.756. The minimum Gasteiger partial charge on any atom is -0.388 e. The maximum atomic E-state index is 3.61. The standard InChI is InChI=1S/C22H28N2/c1-3-12-21-18(9-1)19-10-2-4-13-22(19)24(21)17-8-5-7-16(15-17)20-11-6-14-23-20/h1-4,9,11,15-16,19,21-23H,5-8,10,12-14H2. The molecule has 4 unspecified atom stereocenters. The highest BCUT2D eigenvalue weighted by Gasteiger charge is 2.45. The number of hydrogen-bond acceptors (Lipinski definition) is 2. The van der Waals surface area contributed by atoms with Crippen LogP contribution in [0.5, 0.6) is 0 Å². The molecule has 5 rings (SSSR count). The second-order valence-corrected chi connectivity index (χ2v) is 7.90. The molecule has 126 valence electrons. The van der Waals surface area contributed by atoms with Crippen LogP contribution in [0.2, 0.25) is 0 Å². The molecule has 0 aromatic rings. The monoisotopic (exact) mass is 320 g/mol. The predicted molar refractivity (Wildman–Crippen MR) is 99.2 cm³/mol. The summed E-state index contributed by atoms with van der Waals surface area (Å²) in [7, 11) is 0. The maximum Gasteiger partial charge on any atom is 0.0543 e. The number of hydrogen-bond donors (Lipinski definition) is 1. The van der Waals surface area contributed by atoms with E-state index in [-0.39, 0.29) is 0 Å². The van der Waals surface area contributed by atoms with Gasteiger partial charge in [-0.2, -0.15) is 0 Å². The van der Waals surface area contributed by atoms with Gasteiger partial charge in [0.1, 0.15) is 0 Å². The molecule has 5 aliphatic rings. The molecule has 0 saturated carbocycles. The van der Waals surface area contributed by atoms with Gasteiger partial charge < -0.3 is 10.2 Å². The molecule has 2 aliphatic heterocycles. The van der Waals surface area contributed by atoms with Crippen molar-refractivity contribution in [2.24, 2.45) is 11.8 Å². The zero-order valence-corrected chi connectivity index (χ0v) is 14.5. The Hall–Kier alpha value is -1.70. The molecular formula is C22H28N2. The third-order valence-electron chi connectivity index (χ3n) is 6.60. The second kappa shape index (κ2) is 5.98. The first-order chi connectivity index (χ1) is 11.9. The van der Waals surface area contributed by atoms with Gasteiger partial charge in [-0.25, -0.2) is 0 Å². The highest BCUT2D eigenvalue weighted by Crippen LogP contribution is 2.47. The van der Waals surface area contributed by atoms with Crippen molar-refractivity contribution in [2.75, 3.05) is 6.54 Å². The van der Waals surface area contributed by atoms with Gasteiger partial charge in [0.05, 0.1) is 6.04 Å². The topological polar surface area (TPSA) is 15.3 Å². The van der Waals surface area contributed by atoms with Crippen molar-refractivity contribution in [3.63, 3.8) is 0 Å². The van der Waals surface area contributed by atoms with Crippen LogP contribution in [0, 0.1) is 11.8 Å². The Morgan fingerprint density at radius 2 is 2.04 bits per heavy atom. The largest absolute Gasteiger partial charge is 0.388 e. The molecule has 0 bridgehead atoms. The molecule has 3 aliphatic carbocycles. The molecule has 2 heteroatoms. The molecule has 2 heterocycles. The van der Waals surface area contributed by atoms with E-state index in [1.807, 2.05) is 0 Å². The third-order valence-corrected chi connectivity index (χ3v) is 6.60. The average Bonchev–Trinajstić information content (AvgIpc) is 3.28. The number of fused-ring (bicyclic) bond motifs is 3. The lowest BCUT2D eigenvalue weighted by atomic mass is 9.83. The maximum absolute atomic E-state index is 3.61. The smallest absolute Gasteiger partial charge is 0.0543 e. The van der Waals surface area contributed by atoms with Crippen molar-refractivity contribution in [1.29, 1.82) is 0 Å². The highest BCUT2D eigenvalue weighted by atomic mass is 15.2. The minimum atomic E-state index is 0.625. The molecule has 0 spiro atoms. The average molecular weight is 320 g/mol. The summed E-state index contributed by atoms with van der Waals surface area (Å²) in [5.74, 6) is 1.37. The van der Waals surface area contributed by atoms with Gasteiger partial charge in [0.15, 0.2) is 0 Å². The summed E-state index contributed by atoms with van der Waals surface area (Å²) >= 11 is 0. The van der Waals surface area contributed by atoms with Crippen LogP contribution in [0.25, 0.3) is 0 Å². The van der Waals surface area contributed by atoms with Crippen LogP contribution < -0.4 is 5.32 Å². The van der Waals surface area contributed by atoms with E-state index in [1.54, 1.807) is 11.3 Å². The lowest BCUT2D eigenvalue weighted by Gasteiger charge is -2.38. The van der Waals surface area contributed by atoms with Crippen molar-refractivity contribution >= 4 is 0 Å². The normalized spacial score (nSPS) is 37.3. The van der Waals surface area contributed by atoms with Crippen LogP contribution in [0.3, 0.4) is 0 Å². The van der Waals surface area contributed by atoms with Crippen molar-refractivity contribution < 1.29 is 0 Å². The van der Waals surface area contributed by atoms with Gasteiger partial charge in [0.2, 0.25) is 0 Å². The Kier molecular flexibility index (Phi) is 3.65. The summed E-state index contributed by atoms with van der Waals surface area (Å²) in [6.07, 6.45) is 25.7. The van der Waals surface area contributed by atoms with Gasteiger partial charge in [-0.3, -0.25) is 0 Å². The van der Waals surface area contributed by atoms with E-state index in [4.69, 9.17) is 0 Å². The first-order valence-corrected chi connectivity index (χ1v) is 9.86. The first-order valence-electron chi connectivity index (χ1n) is 9.86. The molecule has 0 aromatic heterocycles. The van der Waals surface area contributed by atoms with Crippen molar-refractivity contribution in [1.82, 2.24) is 10.2 Å². The van der Waals surface area contributed by atoms with Gasteiger partial charge in [-0.05, 0) is 50.5 Å². The summed E-state index contributed by atoms with van der Waals surface area (Å²) in [4.78, 5) is 2.84. The Morgan fingerprint density at radius 3 is 2.96 bits per heavy atom. The van der Waals surface area contributed by atoms with Gasteiger partial charge >= 0.3 is 0 Å². The van der Waals surface area contributed by atoms with Crippen molar-refractivity contribution in [2.45, 2.75) is 57.0 Å². The molecule has 0 radical (unpaired) electrons. The lowest BCUT2D eigenvalue weighted by molar-refractivity contribution is 0.216. The number of likely N-dealkylation sites (tertiary alicyclic amines) is 1. The van der Waals surface area contributed by atoms with E-state index in [1.165, 1.54) is 50.6 Å². The molecule has 4 atom stereocenters. The fourth-order valence-corrected chi connectivity index (χ4v) is 5.55. The van der Waals surface area contributed by atoms with E-state index < -0.39 is 0 Å². The van der Waals surface area contributed by atoms with E-state index in [0.29, 0.717) is 18.0 Å². The lowest BCUT2D eigenvalue weighted by Crippen LogP contribution is -2.38. The van der Waals surface area contributed by atoms with E-state index in [0.717, 1.165) is 12.5 Å². The Morgan fingerprint density at radius 1 is 1.08 bits per heavy atom. The van der Waals surface area contributed by atoms with Gasteiger partial charge in [0, 0.05) is 35.8 Å². The molecule has 0 amide bonds. The fourth-order valence-electron chi connectivity index (χ4n) is 5.55. The molecule has 1 fully saturated rings. The Labute approximate surface area is 145 Å². The minimum absolute atomic E-state index is 0.625. The van der Waals surface area contributed by atoms with Gasteiger partial charge in [0.25, 0.3) is 0 Å². The SMILES string of the molecule is C1=CCC2C(=C1)C1CC=CCC1N2C1=CC(C2=CCCN2)CCC1. The molecular weight excluding hydrogens is 292 g/mol. The summed E-state index contributed by atoms with van der Waals surface area (Å²) in [5, 5.41) is 3.61. The van der Waals surface area contributed by atoms with Gasteiger partial charge in [-0.15, -0.1) is 0 Å². The van der Waals surface area contributed by atoms with E-state index >= 15 is 0 Å². The van der Waals surface area contributed by atoms with Crippen LogP contribution >= 0.6 is 0 Å². The zero-order chi connectivity index (χ0) is 15.9. The highest BCUT2D eigenvalue weighted by molar-refractivity contribution is 5.37. The van der Waals surface area contributed by atoms with Crippen molar-refractivity contribution in [3.05, 3.63) is 59.5 Å². The molecule has 1 N–H and O–H groups in total. The van der Waals surface area contributed by atoms with Crippen molar-refractivity contribution in [3.8, 4) is 0 Å². The first kappa shape index (κ1) is 14.6. The van der Waals surface area contributed by atoms with Crippen LogP contribution in [0.15, 0.2) is 59.5 Å². The number of nitrogens with zero attached hydrogens (tertiary/aromatic N) is 1. The molecule has 24 heavy (non-hydrogen) atoms. The summed E-state index contributed by atoms with van der Waals surface area (Å²) < 4.78 is 0. The molecule has 0 aromatic carbocycles. The summed E-state index contributed by atoms with van der Waals surface area (Å²) in [6.45, 7) is 1.13. The van der Waals surface area contributed by atoms with E-state index in [9.17, 15) is 0 Å². The van der Waals surface area contributed by atoms with Crippen LogP contribution in [0.1, 0.15) is 44.9 Å². The van der Waals surface area contributed by atoms with Crippen LogP contribution in [0.4, 0.5) is 0 Å². The number of rotatable bonds is 2. The second-order valence-electron chi connectivity index (χ2n) is 7.90. The van der Waals surface area contributed by atoms with Crippen LogP contribution in [-0.4, -0.2) is 23.5 Å². The molecule has 1 saturated heterocycles. The predicted octanol–water partition coefficient (Wildman–Crippen LogP) is 4.45. The zero-order valence-electron chi connectivity index (χ0n) is 14.5. The fraction of sp³-hybridized carbons (Fsp3) is 0.545. The number of allylic oxidation sites excluding steroid dienone is 5. The third kappa shape index (κ3) is 2.30. The van der Waals surface area contributed by atoms with E-state index in [2.05, 4.69) is 52.7 Å². The molecule has 2 nitrogen and oxygen atoms in total. The summed E-state index contributed by atoms with van der Waals surface area (Å²) in [5.41, 5.74) is 4.83. The Balaban J connectivity index is 1.49. The number of nitrogens with one attached hydrogen (secondary N) is 1.